The molecule has 1 saturated carbocycles. The molecule has 1 heterocycles. The molecule has 2 atom stereocenters. The van der Waals surface area contributed by atoms with Gasteiger partial charge in [-0.15, -0.1) is 0 Å². The Morgan fingerprint density at radius 3 is 2.12 bits per heavy atom. The molecule has 1 aromatic rings. The maximum Gasteiger partial charge on any atom is 0.215 e. The predicted octanol–water partition coefficient (Wildman–Crippen LogP) is 2.06. The zero-order chi connectivity index (χ0) is 18.1. The van der Waals surface area contributed by atoms with E-state index in [9.17, 15) is 10.2 Å². The number of hydrogen-bond donors (Lipinski definition) is 3. The van der Waals surface area contributed by atoms with Crippen molar-refractivity contribution in [2.45, 2.75) is 56.0 Å². The summed E-state index contributed by atoms with van der Waals surface area (Å²) in [4.78, 5) is 5.50. The molecule has 0 spiro atoms. The monoisotopic (exact) mass is 353 g/mol. The lowest BCUT2D eigenvalue weighted by Crippen LogP contribution is -2.55. The van der Waals surface area contributed by atoms with Crippen LogP contribution in [0.5, 0.6) is 17.2 Å². The number of hydroxylamine groups is 1. The van der Waals surface area contributed by atoms with Crippen molar-refractivity contribution in [1.29, 1.82) is 0 Å². The van der Waals surface area contributed by atoms with Gasteiger partial charge in [0.05, 0.1) is 27.4 Å². The summed E-state index contributed by atoms with van der Waals surface area (Å²) in [6.45, 7) is 0. The Morgan fingerprint density at radius 1 is 1.00 bits per heavy atom. The highest BCUT2D eigenvalue weighted by Gasteiger charge is 2.55. The molecular weight excluding hydrogens is 326 g/mol. The number of benzene rings is 1. The van der Waals surface area contributed by atoms with Crippen LogP contribution < -0.4 is 19.7 Å². The molecule has 1 aromatic carbocycles. The zero-order valence-corrected chi connectivity index (χ0v) is 15.0. The molecule has 3 rings (SSSR count). The van der Waals surface area contributed by atoms with Crippen molar-refractivity contribution in [3.05, 3.63) is 17.7 Å². The van der Waals surface area contributed by atoms with Gasteiger partial charge in [-0.25, -0.2) is 0 Å². The fourth-order valence-electron chi connectivity index (χ4n) is 3.83. The van der Waals surface area contributed by atoms with Crippen LogP contribution in [0.2, 0.25) is 0 Å². The Kier molecular flexibility index (Phi) is 5.11. The van der Waals surface area contributed by atoms with E-state index >= 15 is 0 Å². The van der Waals surface area contributed by atoms with Crippen molar-refractivity contribution in [3.63, 3.8) is 0 Å². The largest absolute Gasteiger partial charge is 0.493 e. The summed E-state index contributed by atoms with van der Waals surface area (Å²) < 4.78 is 16.1. The Balaban J connectivity index is 1.86. The van der Waals surface area contributed by atoms with Crippen LogP contribution in [0.1, 0.15) is 50.1 Å². The van der Waals surface area contributed by atoms with Crippen molar-refractivity contribution >= 4 is 0 Å². The molecule has 0 aromatic heterocycles. The van der Waals surface area contributed by atoms with E-state index in [1.807, 2.05) is 12.1 Å². The smallest absolute Gasteiger partial charge is 0.215 e. The average molecular weight is 353 g/mol. The Labute approximate surface area is 147 Å². The van der Waals surface area contributed by atoms with Gasteiger partial charge in [-0.1, -0.05) is 19.3 Å². The minimum atomic E-state index is -1.61. The van der Waals surface area contributed by atoms with Crippen LogP contribution in [-0.2, 0) is 4.84 Å². The first kappa shape index (κ1) is 18.3. The number of ether oxygens (including phenoxy) is 3. The highest BCUT2D eigenvalue weighted by Crippen LogP contribution is 2.47. The van der Waals surface area contributed by atoms with Crippen molar-refractivity contribution in [1.82, 2.24) is 5.48 Å². The fraction of sp³-hybridized carbons (Fsp3) is 0.667. The van der Waals surface area contributed by atoms with E-state index in [0.29, 0.717) is 30.1 Å². The van der Waals surface area contributed by atoms with Crippen LogP contribution in [0.15, 0.2) is 12.1 Å². The average Bonchev–Trinajstić information content (AvgIpc) is 3.05. The van der Waals surface area contributed by atoms with Gasteiger partial charge in [0, 0.05) is 6.42 Å². The van der Waals surface area contributed by atoms with Gasteiger partial charge in [-0.2, -0.15) is 5.48 Å². The van der Waals surface area contributed by atoms with E-state index in [1.165, 1.54) is 0 Å². The van der Waals surface area contributed by atoms with Crippen molar-refractivity contribution < 1.29 is 29.3 Å². The quantitative estimate of drug-likeness (QED) is 0.746. The third kappa shape index (κ3) is 3.17. The van der Waals surface area contributed by atoms with Crippen LogP contribution in [0, 0.1) is 0 Å². The molecule has 7 heteroatoms. The van der Waals surface area contributed by atoms with E-state index in [-0.39, 0.29) is 12.5 Å². The Hall–Kier alpha value is -1.54. The Morgan fingerprint density at radius 2 is 1.60 bits per heavy atom. The predicted molar refractivity (Wildman–Crippen MR) is 90.7 cm³/mol. The third-order valence-corrected chi connectivity index (χ3v) is 5.35. The topological polar surface area (TPSA) is 89.4 Å². The fourth-order valence-corrected chi connectivity index (χ4v) is 3.83. The summed E-state index contributed by atoms with van der Waals surface area (Å²) in [5.41, 5.74) is 2.46. The summed E-state index contributed by atoms with van der Waals surface area (Å²) in [6.07, 6.45) is 4.15. The molecule has 2 fully saturated rings. The van der Waals surface area contributed by atoms with Crippen LogP contribution in [0.4, 0.5) is 0 Å². The van der Waals surface area contributed by atoms with E-state index in [2.05, 4.69) is 5.48 Å². The second-order valence-corrected chi connectivity index (χ2v) is 6.81. The van der Waals surface area contributed by atoms with Gasteiger partial charge in [0.25, 0.3) is 0 Å². The van der Waals surface area contributed by atoms with Gasteiger partial charge in [0.15, 0.2) is 11.5 Å². The van der Waals surface area contributed by atoms with Gasteiger partial charge < -0.3 is 24.4 Å². The summed E-state index contributed by atoms with van der Waals surface area (Å²) >= 11 is 0. The number of nitrogens with one attached hydrogen (secondary N) is 1. The molecule has 140 valence electrons. The van der Waals surface area contributed by atoms with Crippen LogP contribution in [0.25, 0.3) is 0 Å². The van der Waals surface area contributed by atoms with Crippen LogP contribution >= 0.6 is 0 Å². The first-order valence-corrected chi connectivity index (χ1v) is 8.64. The summed E-state index contributed by atoms with van der Waals surface area (Å²) in [5, 5.41) is 21.8. The first-order valence-electron chi connectivity index (χ1n) is 8.64. The lowest BCUT2D eigenvalue weighted by atomic mass is 9.76. The summed E-state index contributed by atoms with van der Waals surface area (Å²) in [5.74, 6) is -0.0388. The highest BCUT2D eigenvalue weighted by molar-refractivity contribution is 5.54. The molecule has 1 saturated heterocycles. The number of methoxy groups -OCH3 is 3. The van der Waals surface area contributed by atoms with E-state index < -0.39 is 11.4 Å². The summed E-state index contributed by atoms with van der Waals surface area (Å²) in [7, 11) is 4.66. The maximum atomic E-state index is 10.9. The van der Waals surface area contributed by atoms with E-state index in [1.54, 1.807) is 21.3 Å². The van der Waals surface area contributed by atoms with Crippen molar-refractivity contribution in [2.24, 2.45) is 0 Å². The SMILES string of the molecule is COc1cc(C2CC(O)(C3(O)CCCCC3)ON2)cc(OC)c1OC. The molecule has 25 heavy (non-hydrogen) atoms. The standard InChI is InChI=1S/C18H27NO6/c1-22-14-9-12(10-15(23-2)16(14)24-3)13-11-18(21,25-19-13)17(20)7-5-4-6-8-17/h9-10,13,19-21H,4-8,11H2,1-3H3. The molecule has 1 aliphatic carbocycles. The molecule has 0 bridgehead atoms. The molecule has 2 unspecified atom stereocenters. The second-order valence-electron chi connectivity index (χ2n) is 6.81. The van der Waals surface area contributed by atoms with E-state index in [0.717, 1.165) is 24.8 Å². The first-order chi connectivity index (χ1) is 12.0. The van der Waals surface area contributed by atoms with Crippen molar-refractivity contribution in [2.75, 3.05) is 21.3 Å². The second kappa shape index (κ2) is 6.99. The molecule has 2 aliphatic rings. The van der Waals surface area contributed by atoms with Gasteiger partial charge in [0.2, 0.25) is 11.5 Å². The van der Waals surface area contributed by atoms with Gasteiger partial charge in [-0.3, -0.25) is 4.84 Å². The van der Waals surface area contributed by atoms with Crippen molar-refractivity contribution in [3.8, 4) is 17.2 Å². The lowest BCUT2D eigenvalue weighted by molar-refractivity contribution is -0.303. The van der Waals surface area contributed by atoms with E-state index in [4.69, 9.17) is 19.0 Å². The number of aliphatic hydroxyl groups is 2. The number of rotatable bonds is 5. The minimum Gasteiger partial charge on any atom is -0.493 e. The Bertz CT molecular complexity index is 591. The van der Waals surface area contributed by atoms with Gasteiger partial charge >= 0.3 is 0 Å². The highest BCUT2D eigenvalue weighted by atomic mass is 16.8. The normalized spacial score (nSPS) is 28.6. The summed E-state index contributed by atoms with van der Waals surface area (Å²) in [6, 6.07) is 3.34. The molecular formula is C18H27NO6. The third-order valence-electron chi connectivity index (χ3n) is 5.35. The maximum absolute atomic E-state index is 10.9. The molecule has 3 N–H and O–H groups in total. The zero-order valence-electron chi connectivity index (χ0n) is 15.0. The van der Waals surface area contributed by atoms with Crippen LogP contribution in [-0.4, -0.2) is 42.9 Å². The number of hydrogen-bond acceptors (Lipinski definition) is 7. The molecule has 1 aliphatic heterocycles. The lowest BCUT2D eigenvalue weighted by Gasteiger charge is -2.41. The molecule has 0 amide bonds. The minimum absolute atomic E-state index is 0.238. The van der Waals surface area contributed by atoms with Gasteiger partial charge in [-0.05, 0) is 30.5 Å². The molecule has 0 radical (unpaired) electrons. The van der Waals surface area contributed by atoms with Crippen LogP contribution in [0.3, 0.4) is 0 Å². The van der Waals surface area contributed by atoms with Gasteiger partial charge in [0.1, 0.15) is 5.60 Å². The molecule has 7 nitrogen and oxygen atoms in total.